The number of ether oxygens (including phenoxy) is 1. The Labute approximate surface area is 186 Å². The number of anilines is 1. The van der Waals surface area contributed by atoms with E-state index in [4.69, 9.17) is 4.74 Å². The number of rotatable bonds is 8. The predicted octanol–water partition coefficient (Wildman–Crippen LogP) is 4.41. The van der Waals surface area contributed by atoms with Crippen LogP contribution in [0.15, 0.2) is 48.5 Å². The lowest BCUT2D eigenvalue weighted by Gasteiger charge is -2.31. The first-order valence-corrected chi connectivity index (χ1v) is 12.3. The van der Waals surface area contributed by atoms with Crippen LogP contribution in [0.5, 0.6) is 5.75 Å². The molecule has 0 aliphatic carbocycles. The third-order valence-electron chi connectivity index (χ3n) is 5.29. The zero-order chi connectivity index (χ0) is 23.4. The molecule has 1 N–H and O–H groups in total. The molecule has 2 aromatic rings. The van der Waals surface area contributed by atoms with E-state index in [9.17, 15) is 13.2 Å². The highest BCUT2D eigenvalue weighted by atomic mass is 32.2. The molecule has 2 rings (SSSR count). The zero-order valence-electron chi connectivity index (χ0n) is 19.5. The number of carbonyl (C=O) groups is 1. The minimum atomic E-state index is -3.68. The van der Waals surface area contributed by atoms with Gasteiger partial charge in [-0.25, -0.2) is 8.42 Å². The summed E-state index contributed by atoms with van der Waals surface area (Å²) < 4.78 is 31.5. The second-order valence-electron chi connectivity index (χ2n) is 8.78. The molecule has 0 unspecified atom stereocenters. The maximum Gasteiger partial charge on any atom is 0.244 e. The Morgan fingerprint density at radius 1 is 1.06 bits per heavy atom. The number of carbonyl (C=O) groups excluding carboxylic acids is 1. The Kier molecular flexibility index (Phi) is 7.76. The van der Waals surface area contributed by atoms with Crippen molar-refractivity contribution in [3.8, 4) is 5.75 Å². The third kappa shape index (κ3) is 6.23. The van der Waals surface area contributed by atoms with E-state index in [1.165, 1.54) is 9.87 Å². The fourth-order valence-electron chi connectivity index (χ4n) is 3.45. The van der Waals surface area contributed by atoms with Gasteiger partial charge in [0.15, 0.2) is 0 Å². The van der Waals surface area contributed by atoms with Gasteiger partial charge in [-0.1, -0.05) is 52.0 Å². The van der Waals surface area contributed by atoms with Crippen LogP contribution in [0.25, 0.3) is 0 Å². The topological polar surface area (TPSA) is 75.7 Å². The molecule has 1 amide bonds. The predicted molar refractivity (Wildman–Crippen MR) is 126 cm³/mol. The quantitative estimate of drug-likeness (QED) is 0.651. The number of sulfonamides is 1. The van der Waals surface area contributed by atoms with Crippen LogP contribution in [-0.2, 0) is 20.2 Å². The SMILES string of the molecule is CC[C@@H](C(=O)N[C@@H](C)c1ccc(C(C)(C)C)cc1)N(c1ccc(OC)cc1)S(C)(=O)=O. The Morgan fingerprint density at radius 2 is 1.61 bits per heavy atom. The van der Waals surface area contributed by atoms with Crippen molar-refractivity contribution in [2.45, 2.75) is 58.5 Å². The van der Waals surface area contributed by atoms with Crippen molar-refractivity contribution in [3.63, 3.8) is 0 Å². The van der Waals surface area contributed by atoms with Gasteiger partial charge in [0, 0.05) is 0 Å². The molecule has 0 bridgehead atoms. The highest BCUT2D eigenvalue weighted by Gasteiger charge is 2.32. The van der Waals surface area contributed by atoms with Gasteiger partial charge in [0.25, 0.3) is 0 Å². The van der Waals surface area contributed by atoms with E-state index >= 15 is 0 Å². The summed E-state index contributed by atoms with van der Waals surface area (Å²) in [7, 11) is -2.14. The molecule has 0 aliphatic heterocycles. The van der Waals surface area contributed by atoms with Gasteiger partial charge < -0.3 is 10.1 Å². The number of nitrogens with one attached hydrogen (secondary N) is 1. The van der Waals surface area contributed by atoms with Crippen LogP contribution in [-0.4, -0.2) is 33.7 Å². The van der Waals surface area contributed by atoms with E-state index in [-0.39, 0.29) is 17.4 Å². The fourth-order valence-corrected chi connectivity index (χ4v) is 4.67. The summed E-state index contributed by atoms with van der Waals surface area (Å²) in [5, 5.41) is 2.98. The molecule has 31 heavy (non-hydrogen) atoms. The summed E-state index contributed by atoms with van der Waals surface area (Å²) in [6.07, 6.45) is 1.45. The van der Waals surface area contributed by atoms with E-state index in [0.29, 0.717) is 17.9 Å². The largest absolute Gasteiger partial charge is 0.497 e. The molecule has 0 saturated heterocycles. The van der Waals surface area contributed by atoms with Gasteiger partial charge in [-0.3, -0.25) is 9.10 Å². The normalized spacial score (nSPS) is 13.9. The lowest BCUT2D eigenvalue weighted by atomic mass is 9.86. The van der Waals surface area contributed by atoms with Gasteiger partial charge in [-0.2, -0.15) is 0 Å². The van der Waals surface area contributed by atoms with Gasteiger partial charge in [-0.15, -0.1) is 0 Å². The first kappa shape index (κ1) is 24.7. The van der Waals surface area contributed by atoms with Gasteiger partial charge in [0.1, 0.15) is 11.8 Å². The van der Waals surface area contributed by atoms with Crippen LogP contribution >= 0.6 is 0 Å². The minimum absolute atomic E-state index is 0.0483. The summed E-state index contributed by atoms with van der Waals surface area (Å²) >= 11 is 0. The molecule has 2 atom stereocenters. The Bertz CT molecular complexity index is 978. The molecule has 170 valence electrons. The lowest BCUT2D eigenvalue weighted by molar-refractivity contribution is -0.122. The summed E-state index contributed by atoms with van der Waals surface area (Å²) in [6.45, 7) is 10.2. The molecule has 6 nitrogen and oxygen atoms in total. The van der Waals surface area contributed by atoms with E-state index in [2.05, 4.69) is 38.2 Å². The van der Waals surface area contributed by atoms with Crippen molar-refractivity contribution in [1.29, 1.82) is 0 Å². The molecule has 0 heterocycles. The van der Waals surface area contributed by atoms with E-state index in [1.54, 1.807) is 38.3 Å². The van der Waals surface area contributed by atoms with Crippen molar-refractivity contribution in [3.05, 3.63) is 59.7 Å². The average molecular weight is 447 g/mol. The molecule has 0 aromatic heterocycles. The smallest absolute Gasteiger partial charge is 0.244 e. The molecule has 0 spiro atoms. The van der Waals surface area contributed by atoms with Crippen molar-refractivity contribution in [2.24, 2.45) is 0 Å². The third-order valence-corrected chi connectivity index (χ3v) is 6.47. The van der Waals surface area contributed by atoms with Crippen LogP contribution in [0.4, 0.5) is 5.69 Å². The van der Waals surface area contributed by atoms with Crippen molar-refractivity contribution in [2.75, 3.05) is 17.7 Å². The number of nitrogens with zero attached hydrogens (tertiary/aromatic N) is 1. The van der Waals surface area contributed by atoms with Crippen molar-refractivity contribution >= 4 is 21.6 Å². The molecule has 0 saturated carbocycles. The standard InChI is InChI=1S/C24H34N2O4S/c1-8-22(26(31(7,28)29)20-13-15-21(30-6)16-14-20)23(27)25-17(2)18-9-11-19(12-10-18)24(3,4)5/h9-17,22H,8H2,1-7H3,(H,25,27)/t17-,22-/m0/s1. The highest BCUT2D eigenvalue weighted by Crippen LogP contribution is 2.27. The number of amides is 1. The molecule has 2 aromatic carbocycles. The molecule has 0 radical (unpaired) electrons. The number of benzene rings is 2. The zero-order valence-corrected chi connectivity index (χ0v) is 20.3. The van der Waals surface area contributed by atoms with Gasteiger partial charge in [-0.05, 0) is 54.2 Å². The first-order chi connectivity index (χ1) is 14.4. The Hall–Kier alpha value is -2.54. The molecule has 7 heteroatoms. The van der Waals surface area contributed by atoms with Gasteiger partial charge in [0.2, 0.25) is 15.9 Å². The maximum atomic E-state index is 13.1. The summed E-state index contributed by atoms with van der Waals surface area (Å²) in [6, 6.07) is 13.7. The van der Waals surface area contributed by atoms with Crippen LogP contribution in [0, 0.1) is 0 Å². The van der Waals surface area contributed by atoms with Crippen LogP contribution in [0.3, 0.4) is 0 Å². The summed E-state index contributed by atoms with van der Waals surface area (Å²) in [5.74, 6) is 0.276. The second-order valence-corrected chi connectivity index (χ2v) is 10.6. The number of hydrogen-bond acceptors (Lipinski definition) is 4. The maximum absolute atomic E-state index is 13.1. The lowest BCUT2D eigenvalue weighted by Crippen LogP contribution is -2.49. The number of hydrogen-bond donors (Lipinski definition) is 1. The Morgan fingerprint density at radius 3 is 2.03 bits per heavy atom. The first-order valence-electron chi connectivity index (χ1n) is 10.4. The molecule has 0 aliphatic rings. The van der Waals surface area contributed by atoms with E-state index in [0.717, 1.165) is 11.8 Å². The van der Waals surface area contributed by atoms with Crippen LogP contribution < -0.4 is 14.4 Å². The van der Waals surface area contributed by atoms with Gasteiger partial charge >= 0.3 is 0 Å². The fraction of sp³-hybridized carbons (Fsp3) is 0.458. The summed E-state index contributed by atoms with van der Waals surface area (Å²) in [4.78, 5) is 13.1. The second kappa shape index (κ2) is 9.73. The molecular weight excluding hydrogens is 412 g/mol. The average Bonchev–Trinajstić information content (AvgIpc) is 2.70. The van der Waals surface area contributed by atoms with E-state index < -0.39 is 16.1 Å². The monoisotopic (exact) mass is 446 g/mol. The molecule has 0 fully saturated rings. The van der Waals surface area contributed by atoms with Crippen LogP contribution in [0.1, 0.15) is 58.2 Å². The minimum Gasteiger partial charge on any atom is -0.497 e. The van der Waals surface area contributed by atoms with Crippen molar-refractivity contribution in [1.82, 2.24) is 5.32 Å². The van der Waals surface area contributed by atoms with Crippen LogP contribution in [0.2, 0.25) is 0 Å². The van der Waals surface area contributed by atoms with Gasteiger partial charge in [0.05, 0.1) is 25.1 Å². The number of methoxy groups -OCH3 is 1. The van der Waals surface area contributed by atoms with Crippen molar-refractivity contribution < 1.29 is 17.9 Å². The summed E-state index contributed by atoms with van der Waals surface area (Å²) in [5.41, 5.74) is 2.65. The van der Waals surface area contributed by atoms with E-state index in [1.807, 2.05) is 19.1 Å². The highest BCUT2D eigenvalue weighted by molar-refractivity contribution is 7.92. The molecular formula is C24H34N2O4S. The Balaban J connectivity index is 2.26.